The number of aliphatic carboxylic acids is 1. The second kappa shape index (κ2) is 13.0. The van der Waals surface area contributed by atoms with Gasteiger partial charge in [0.2, 0.25) is 0 Å². The van der Waals surface area contributed by atoms with Crippen LogP contribution in [0.1, 0.15) is 74.3 Å². The molecule has 1 N–H and O–H groups in total. The van der Waals surface area contributed by atoms with E-state index >= 15 is 0 Å². The Kier molecular flexibility index (Phi) is 9.35. The van der Waals surface area contributed by atoms with Gasteiger partial charge < -0.3 is 14.7 Å². The van der Waals surface area contributed by atoms with Crippen molar-refractivity contribution in [2.75, 3.05) is 24.5 Å². The van der Waals surface area contributed by atoms with Gasteiger partial charge in [-0.2, -0.15) is 0 Å². The number of anilines is 1. The Balaban J connectivity index is 1.30. The molecule has 2 aliphatic heterocycles. The van der Waals surface area contributed by atoms with Gasteiger partial charge in [-0.15, -0.1) is 11.3 Å². The molecule has 5 rings (SSSR count). The molecule has 3 heterocycles. The van der Waals surface area contributed by atoms with Crippen LogP contribution in [0.5, 0.6) is 5.75 Å². The molecule has 1 saturated heterocycles. The van der Waals surface area contributed by atoms with Crippen molar-refractivity contribution in [2.45, 2.75) is 85.9 Å². The number of hydrogen-bond donors (Lipinski definition) is 1. The summed E-state index contributed by atoms with van der Waals surface area (Å²) in [5, 5.41) is 12.5. The molecular formula is C34H45N3O3S. The van der Waals surface area contributed by atoms with Crippen LogP contribution in [0.25, 0.3) is 11.3 Å². The van der Waals surface area contributed by atoms with Crippen molar-refractivity contribution < 1.29 is 14.6 Å². The summed E-state index contributed by atoms with van der Waals surface area (Å²) < 4.78 is 6.47. The zero-order valence-corrected chi connectivity index (χ0v) is 26.1. The van der Waals surface area contributed by atoms with E-state index in [0.717, 1.165) is 48.2 Å². The molecular weight excluding hydrogens is 530 g/mol. The molecule has 1 unspecified atom stereocenters. The highest BCUT2D eigenvalue weighted by Gasteiger charge is 2.32. The molecule has 220 valence electrons. The van der Waals surface area contributed by atoms with E-state index in [4.69, 9.17) is 9.72 Å². The Morgan fingerprint density at radius 3 is 2.76 bits per heavy atom. The largest absolute Gasteiger partial charge is 0.488 e. The van der Waals surface area contributed by atoms with Crippen molar-refractivity contribution in [3.8, 4) is 17.0 Å². The summed E-state index contributed by atoms with van der Waals surface area (Å²) in [6.45, 7) is 15.1. The lowest BCUT2D eigenvalue weighted by Gasteiger charge is -2.36. The van der Waals surface area contributed by atoms with Crippen LogP contribution in [0.3, 0.4) is 0 Å². The topological polar surface area (TPSA) is 65.9 Å². The van der Waals surface area contributed by atoms with Gasteiger partial charge in [0.1, 0.15) is 12.4 Å². The minimum atomic E-state index is -0.688. The first-order valence-corrected chi connectivity index (χ1v) is 16.2. The van der Waals surface area contributed by atoms with Gasteiger partial charge in [0, 0.05) is 43.2 Å². The van der Waals surface area contributed by atoms with Gasteiger partial charge in [0.15, 0.2) is 5.13 Å². The summed E-state index contributed by atoms with van der Waals surface area (Å²) in [6, 6.07) is 11.7. The molecule has 0 amide bonds. The lowest BCUT2D eigenvalue weighted by molar-refractivity contribution is -0.144. The molecule has 2 aliphatic rings. The Bertz CT molecular complexity index is 1370. The van der Waals surface area contributed by atoms with E-state index in [0.29, 0.717) is 25.6 Å². The number of ether oxygens (including phenoxy) is 1. The summed E-state index contributed by atoms with van der Waals surface area (Å²) in [5.74, 6) is -0.0222. The molecule has 2 aromatic carbocycles. The van der Waals surface area contributed by atoms with Crippen LogP contribution in [0, 0.1) is 25.7 Å². The zero-order chi connectivity index (χ0) is 29.1. The van der Waals surface area contributed by atoms with Crippen LogP contribution in [-0.2, 0) is 24.4 Å². The molecule has 0 saturated carbocycles. The number of benzene rings is 2. The third-order valence-corrected chi connectivity index (χ3v) is 9.96. The van der Waals surface area contributed by atoms with Gasteiger partial charge >= 0.3 is 5.97 Å². The second-order valence-electron chi connectivity index (χ2n) is 12.1. The number of nitrogens with zero attached hydrogens (tertiary/aromatic N) is 3. The van der Waals surface area contributed by atoms with Gasteiger partial charge in [-0.25, -0.2) is 4.98 Å². The second-order valence-corrected chi connectivity index (χ2v) is 12.9. The molecule has 0 spiro atoms. The van der Waals surface area contributed by atoms with E-state index < -0.39 is 5.97 Å². The van der Waals surface area contributed by atoms with E-state index in [1.165, 1.54) is 47.1 Å². The molecule has 3 atom stereocenters. The van der Waals surface area contributed by atoms with Crippen molar-refractivity contribution >= 4 is 22.4 Å². The lowest BCUT2D eigenvalue weighted by Crippen LogP contribution is -2.42. The van der Waals surface area contributed by atoms with Gasteiger partial charge in [0.25, 0.3) is 0 Å². The number of carboxylic acid groups (broad SMARTS) is 1. The maximum Gasteiger partial charge on any atom is 0.306 e. The number of hydrogen-bond acceptors (Lipinski definition) is 6. The standard InChI is InChI=1S/C34H45N3O3S/c1-6-8-27(7-2)36-13-11-26-17-25(16-23(4)30(26)19-36)20-40-32-10-9-22(3)15-29(32)31-21-41-34(35-31)37-14-12-28(33(38)39)24(5)18-37/h9-10,15-17,21,24,27-28H,6-8,11-14,18-20H2,1-5H3,(H,38,39)/t24-,27?,28+/m1/s1. The van der Waals surface area contributed by atoms with E-state index in [9.17, 15) is 9.90 Å². The minimum Gasteiger partial charge on any atom is -0.488 e. The predicted octanol–water partition coefficient (Wildman–Crippen LogP) is 7.49. The Morgan fingerprint density at radius 1 is 1.20 bits per heavy atom. The summed E-state index contributed by atoms with van der Waals surface area (Å²) in [4.78, 5) is 21.5. The van der Waals surface area contributed by atoms with E-state index in [1.54, 1.807) is 11.3 Å². The summed E-state index contributed by atoms with van der Waals surface area (Å²) in [6.07, 6.45) is 5.49. The maximum atomic E-state index is 11.5. The average Bonchev–Trinajstić information content (AvgIpc) is 3.45. The number of carbonyl (C=O) groups is 1. The number of piperidine rings is 1. The van der Waals surface area contributed by atoms with Crippen LogP contribution < -0.4 is 9.64 Å². The number of thiazole rings is 1. The molecule has 1 aromatic heterocycles. The fraction of sp³-hybridized carbons (Fsp3) is 0.529. The molecule has 0 aliphatic carbocycles. The molecule has 41 heavy (non-hydrogen) atoms. The van der Waals surface area contributed by atoms with E-state index in [1.807, 2.05) is 6.92 Å². The molecule has 7 heteroatoms. The van der Waals surface area contributed by atoms with Crippen molar-refractivity contribution in [3.63, 3.8) is 0 Å². The number of aromatic nitrogens is 1. The van der Waals surface area contributed by atoms with Crippen LogP contribution in [0.4, 0.5) is 5.13 Å². The maximum absolute atomic E-state index is 11.5. The van der Waals surface area contributed by atoms with Gasteiger partial charge in [-0.1, -0.05) is 51.0 Å². The third kappa shape index (κ3) is 6.62. The van der Waals surface area contributed by atoms with Crippen molar-refractivity contribution in [2.24, 2.45) is 11.8 Å². The van der Waals surface area contributed by atoms with Crippen LogP contribution in [-0.4, -0.2) is 46.6 Å². The van der Waals surface area contributed by atoms with Crippen LogP contribution in [0.2, 0.25) is 0 Å². The SMILES string of the molecule is CCCC(CC)N1CCc2cc(COc3ccc(C)cc3-c3csc(N4CC[C@H](C(=O)O)[C@H](C)C4)n3)cc(C)c2C1. The minimum absolute atomic E-state index is 0.0963. The highest BCUT2D eigenvalue weighted by atomic mass is 32.1. The summed E-state index contributed by atoms with van der Waals surface area (Å²) in [7, 11) is 0. The van der Waals surface area contributed by atoms with Crippen molar-refractivity contribution in [3.05, 3.63) is 63.5 Å². The first-order chi connectivity index (χ1) is 19.8. The van der Waals surface area contributed by atoms with Crippen LogP contribution >= 0.6 is 11.3 Å². The lowest BCUT2D eigenvalue weighted by atomic mass is 9.87. The highest BCUT2D eigenvalue weighted by Crippen LogP contribution is 2.37. The van der Waals surface area contributed by atoms with E-state index in [-0.39, 0.29) is 11.8 Å². The monoisotopic (exact) mass is 575 g/mol. The Morgan fingerprint density at radius 2 is 2.02 bits per heavy atom. The fourth-order valence-corrected chi connectivity index (χ4v) is 7.55. The van der Waals surface area contributed by atoms with E-state index in [2.05, 4.69) is 73.2 Å². The highest BCUT2D eigenvalue weighted by molar-refractivity contribution is 7.14. The molecule has 0 bridgehead atoms. The summed E-state index contributed by atoms with van der Waals surface area (Å²) >= 11 is 1.62. The number of carboxylic acids is 1. The molecule has 1 fully saturated rings. The van der Waals surface area contributed by atoms with Gasteiger partial charge in [-0.05, 0) is 79.8 Å². The van der Waals surface area contributed by atoms with Gasteiger partial charge in [0.05, 0.1) is 11.6 Å². The van der Waals surface area contributed by atoms with Crippen molar-refractivity contribution in [1.29, 1.82) is 0 Å². The van der Waals surface area contributed by atoms with Crippen molar-refractivity contribution in [1.82, 2.24) is 9.88 Å². The summed E-state index contributed by atoms with van der Waals surface area (Å²) in [5.41, 5.74) is 8.65. The third-order valence-electron chi connectivity index (χ3n) is 9.05. The van der Waals surface area contributed by atoms with Crippen LogP contribution in [0.15, 0.2) is 35.7 Å². The molecule has 3 aromatic rings. The first kappa shape index (κ1) is 29.6. The number of rotatable bonds is 10. The Labute approximate surface area is 249 Å². The smallest absolute Gasteiger partial charge is 0.306 e. The first-order valence-electron chi connectivity index (χ1n) is 15.3. The number of fused-ring (bicyclic) bond motifs is 1. The quantitative estimate of drug-likeness (QED) is 0.270. The number of aryl methyl sites for hydroxylation is 2. The molecule has 6 nitrogen and oxygen atoms in total. The van der Waals surface area contributed by atoms with Gasteiger partial charge in [-0.3, -0.25) is 9.69 Å². The molecule has 0 radical (unpaired) electrons. The average molecular weight is 576 g/mol. The zero-order valence-electron chi connectivity index (χ0n) is 25.3. The predicted molar refractivity (Wildman–Crippen MR) is 168 cm³/mol. The fourth-order valence-electron chi connectivity index (χ4n) is 6.69. The Hall–Kier alpha value is -2.90. The normalized spacial score (nSPS) is 20.1.